The summed E-state index contributed by atoms with van der Waals surface area (Å²) in [5.41, 5.74) is 3.94. The highest BCUT2D eigenvalue weighted by Crippen LogP contribution is 2.18. The second kappa shape index (κ2) is 6.75. The summed E-state index contributed by atoms with van der Waals surface area (Å²) in [5.74, 6) is -0.0566. The maximum absolute atomic E-state index is 12.2. The topological polar surface area (TPSA) is 49.4 Å². The lowest BCUT2D eigenvalue weighted by atomic mass is 10.00. The standard InChI is InChI=1S/C19H20N2O2/c1-14(22)16-7-4-8-18(11-16)20-19(23)13-21-10-9-15-5-2-3-6-17(15)12-21/h2-8,11H,9-10,12-13H2,1H3,(H,20,23). The van der Waals surface area contributed by atoms with Crippen molar-refractivity contribution >= 4 is 17.4 Å². The van der Waals surface area contributed by atoms with Crippen LogP contribution in [0.3, 0.4) is 0 Å². The van der Waals surface area contributed by atoms with E-state index in [9.17, 15) is 9.59 Å². The van der Waals surface area contributed by atoms with E-state index >= 15 is 0 Å². The number of fused-ring (bicyclic) bond motifs is 1. The number of carbonyl (C=O) groups excluding carboxylic acids is 2. The number of ketones is 1. The molecule has 1 heterocycles. The van der Waals surface area contributed by atoms with Gasteiger partial charge in [-0.1, -0.05) is 36.4 Å². The minimum Gasteiger partial charge on any atom is -0.325 e. The average Bonchev–Trinajstić information content (AvgIpc) is 2.55. The van der Waals surface area contributed by atoms with Crippen LogP contribution in [0.5, 0.6) is 0 Å². The molecule has 23 heavy (non-hydrogen) atoms. The van der Waals surface area contributed by atoms with Crippen LogP contribution in [0.1, 0.15) is 28.4 Å². The SMILES string of the molecule is CC(=O)c1cccc(NC(=O)CN2CCc3ccccc3C2)c1. The second-order valence-electron chi connectivity index (χ2n) is 5.91. The molecule has 1 aliphatic heterocycles. The molecular weight excluding hydrogens is 288 g/mol. The monoisotopic (exact) mass is 308 g/mol. The van der Waals surface area contributed by atoms with Gasteiger partial charge in [-0.15, -0.1) is 0 Å². The van der Waals surface area contributed by atoms with Crippen molar-refractivity contribution < 1.29 is 9.59 Å². The van der Waals surface area contributed by atoms with Crippen molar-refractivity contribution in [1.82, 2.24) is 4.90 Å². The Morgan fingerprint density at radius 3 is 2.65 bits per heavy atom. The molecule has 4 nitrogen and oxygen atoms in total. The number of carbonyl (C=O) groups is 2. The van der Waals surface area contributed by atoms with Crippen molar-refractivity contribution in [3.05, 3.63) is 65.2 Å². The van der Waals surface area contributed by atoms with Crippen LogP contribution < -0.4 is 5.32 Å². The first-order chi connectivity index (χ1) is 11.1. The van der Waals surface area contributed by atoms with Gasteiger partial charge in [0.05, 0.1) is 6.54 Å². The third kappa shape index (κ3) is 3.85. The van der Waals surface area contributed by atoms with Crippen LogP contribution >= 0.6 is 0 Å². The minimum atomic E-state index is -0.0508. The highest BCUT2D eigenvalue weighted by Gasteiger charge is 2.18. The van der Waals surface area contributed by atoms with E-state index in [4.69, 9.17) is 0 Å². The smallest absolute Gasteiger partial charge is 0.238 e. The van der Waals surface area contributed by atoms with E-state index in [0.29, 0.717) is 17.8 Å². The van der Waals surface area contributed by atoms with Gasteiger partial charge in [-0.05, 0) is 36.6 Å². The van der Waals surface area contributed by atoms with Gasteiger partial charge in [0.25, 0.3) is 0 Å². The third-order valence-corrected chi connectivity index (χ3v) is 4.13. The summed E-state index contributed by atoms with van der Waals surface area (Å²) >= 11 is 0. The minimum absolute atomic E-state index is 0.00580. The molecule has 0 aromatic heterocycles. The lowest BCUT2D eigenvalue weighted by Crippen LogP contribution is -2.37. The van der Waals surface area contributed by atoms with E-state index in [1.54, 1.807) is 24.3 Å². The zero-order valence-electron chi connectivity index (χ0n) is 13.2. The van der Waals surface area contributed by atoms with Gasteiger partial charge in [-0.2, -0.15) is 0 Å². The Labute approximate surface area is 136 Å². The third-order valence-electron chi connectivity index (χ3n) is 4.13. The number of Topliss-reactive ketones (excluding diaryl/α,β-unsaturated/α-hetero) is 1. The Kier molecular flexibility index (Phi) is 4.53. The first kappa shape index (κ1) is 15.4. The predicted molar refractivity (Wildman–Crippen MR) is 90.5 cm³/mol. The van der Waals surface area contributed by atoms with Crippen LogP contribution in [-0.4, -0.2) is 29.7 Å². The molecule has 2 aromatic carbocycles. The second-order valence-corrected chi connectivity index (χ2v) is 5.91. The Morgan fingerprint density at radius 1 is 1.09 bits per heavy atom. The Hall–Kier alpha value is -2.46. The molecule has 0 radical (unpaired) electrons. The van der Waals surface area contributed by atoms with Crippen molar-refractivity contribution in [2.45, 2.75) is 19.9 Å². The van der Waals surface area contributed by atoms with Gasteiger partial charge in [0.2, 0.25) is 5.91 Å². The van der Waals surface area contributed by atoms with E-state index in [0.717, 1.165) is 19.5 Å². The lowest BCUT2D eigenvalue weighted by molar-refractivity contribution is -0.117. The first-order valence-electron chi connectivity index (χ1n) is 7.82. The molecule has 0 saturated heterocycles. The fourth-order valence-corrected chi connectivity index (χ4v) is 2.91. The van der Waals surface area contributed by atoms with Crippen LogP contribution in [0, 0.1) is 0 Å². The summed E-state index contributed by atoms with van der Waals surface area (Å²) in [6.45, 7) is 3.57. The summed E-state index contributed by atoms with van der Waals surface area (Å²) < 4.78 is 0. The highest BCUT2D eigenvalue weighted by atomic mass is 16.2. The molecule has 1 N–H and O–H groups in total. The fourth-order valence-electron chi connectivity index (χ4n) is 2.91. The van der Waals surface area contributed by atoms with Crippen LogP contribution in [0.15, 0.2) is 48.5 Å². The highest BCUT2D eigenvalue weighted by molar-refractivity contribution is 5.97. The maximum Gasteiger partial charge on any atom is 0.238 e. The number of anilines is 1. The number of amides is 1. The molecular formula is C19H20N2O2. The molecule has 1 aliphatic rings. The molecule has 0 bridgehead atoms. The summed E-state index contributed by atoms with van der Waals surface area (Å²) in [6.07, 6.45) is 0.975. The largest absolute Gasteiger partial charge is 0.325 e. The number of hydrogen-bond acceptors (Lipinski definition) is 3. The molecule has 3 rings (SSSR count). The molecule has 2 aromatic rings. The quantitative estimate of drug-likeness (QED) is 0.884. The summed E-state index contributed by atoms with van der Waals surface area (Å²) in [4.78, 5) is 25.8. The molecule has 4 heteroatoms. The summed E-state index contributed by atoms with van der Waals surface area (Å²) in [6, 6.07) is 15.4. The normalized spacial score (nSPS) is 14.1. The first-order valence-corrected chi connectivity index (χ1v) is 7.82. The van der Waals surface area contributed by atoms with Gasteiger partial charge >= 0.3 is 0 Å². The fraction of sp³-hybridized carbons (Fsp3) is 0.263. The van der Waals surface area contributed by atoms with Crippen molar-refractivity contribution in [3.8, 4) is 0 Å². The van der Waals surface area contributed by atoms with Gasteiger partial charge < -0.3 is 5.32 Å². The Morgan fingerprint density at radius 2 is 1.87 bits per heavy atom. The van der Waals surface area contributed by atoms with Gasteiger partial charge in [0, 0.05) is 24.3 Å². The molecule has 1 amide bonds. The zero-order chi connectivity index (χ0) is 16.2. The molecule has 0 unspecified atom stereocenters. The van der Waals surface area contributed by atoms with E-state index < -0.39 is 0 Å². The van der Waals surface area contributed by atoms with Gasteiger partial charge in [-0.3, -0.25) is 14.5 Å². The van der Waals surface area contributed by atoms with Crippen LogP contribution in [-0.2, 0) is 17.8 Å². The number of nitrogens with one attached hydrogen (secondary N) is 1. The lowest BCUT2D eigenvalue weighted by Gasteiger charge is -2.28. The number of hydrogen-bond donors (Lipinski definition) is 1. The van der Waals surface area contributed by atoms with Crippen LogP contribution in [0.25, 0.3) is 0 Å². The van der Waals surface area contributed by atoms with Crippen LogP contribution in [0.2, 0.25) is 0 Å². The molecule has 0 spiro atoms. The molecule has 0 aliphatic carbocycles. The summed E-state index contributed by atoms with van der Waals surface area (Å²) in [7, 11) is 0. The van der Waals surface area contributed by atoms with Gasteiger partial charge in [0.15, 0.2) is 5.78 Å². The number of nitrogens with zero attached hydrogens (tertiary/aromatic N) is 1. The molecule has 118 valence electrons. The van der Waals surface area contributed by atoms with Crippen LogP contribution in [0.4, 0.5) is 5.69 Å². The van der Waals surface area contributed by atoms with Crippen molar-refractivity contribution in [3.63, 3.8) is 0 Å². The van der Waals surface area contributed by atoms with Crippen molar-refractivity contribution in [2.75, 3.05) is 18.4 Å². The van der Waals surface area contributed by atoms with Gasteiger partial charge in [-0.25, -0.2) is 0 Å². The Balaban J connectivity index is 1.60. The molecule has 0 fully saturated rings. The zero-order valence-corrected chi connectivity index (χ0v) is 13.2. The van der Waals surface area contributed by atoms with Crippen molar-refractivity contribution in [2.24, 2.45) is 0 Å². The van der Waals surface area contributed by atoms with E-state index in [1.165, 1.54) is 18.1 Å². The molecule has 0 saturated carbocycles. The average molecular weight is 308 g/mol. The van der Waals surface area contributed by atoms with E-state index in [1.807, 2.05) is 6.07 Å². The number of rotatable bonds is 4. The summed E-state index contributed by atoms with van der Waals surface area (Å²) in [5, 5.41) is 2.88. The Bertz CT molecular complexity index is 740. The number of benzene rings is 2. The van der Waals surface area contributed by atoms with Gasteiger partial charge in [0.1, 0.15) is 0 Å². The maximum atomic E-state index is 12.2. The van der Waals surface area contributed by atoms with E-state index in [2.05, 4.69) is 28.4 Å². The van der Waals surface area contributed by atoms with E-state index in [-0.39, 0.29) is 11.7 Å². The van der Waals surface area contributed by atoms with Crippen molar-refractivity contribution in [1.29, 1.82) is 0 Å². The molecule has 0 atom stereocenters. The predicted octanol–water partition coefficient (Wildman–Crippen LogP) is 2.89.